The summed E-state index contributed by atoms with van der Waals surface area (Å²) in [7, 11) is 0. The average molecular weight is 436 g/mol. The van der Waals surface area contributed by atoms with Crippen LogP contribution in [0, 0.1) is 12.8 Å². The lowest BCUT2D eigenvalue weighted by Gasteiger charge is -2.21. The average Bonchev–Trinajstić information content (AvgIpc) is 2.71. The van der Waals surface area contributed by atoms with Crippen LogP contribution >= 0.6 is 11.8 Å². The Labute approximate surface area is 182 Å². The molecular weight excluding hydrogens is 414 g/mol. The van der Waals surface area contributed by atoms with Crippen LogP contribution in [-0.2, 0) is 11.2 Å². The number of hydrogen-bond acceptors (Lipinski definition) is 7. The largest absolute Gasteiger partial charge is 0.301 e. The van der Waals surface area contributed by atoms with Crippen molar-refractivity contribution in [1.82, 2.24) is 19.9 Å². The number of H-pyrrole nitrogens is 1. The van der Waals surface area contributed by atoms with Crippen LogP contribution in [0.5, 0.6) is 0 Å². The molecule has 0 bridgehead atoms. The molecule has 0 fully saturated rings. The number of carbonyl (C=O) groups is 2. The molecule has 8 nitrogen and oxygen atoms in total. The molecule has 9 heteroatoms. The number of fused-ring (bicyclic) bond motifs is 1. The quantitative estimate of drug-likeness (QED) is 0.467. The highest BCUT2D eigenvalue weighted by atomic mass is 32.2. The summed E-state index contributed by atoms with van der Waals surface area (Å²) >= 11 is 1.12. The minimum Gasteiger partial charge on any atom is -0.301 e. The second kappa shape index (κ2) is 8.81. The summed E-state index contributed by atoms with van der Waals surface area (Å²) in [5.74, 6) is 0.146. The molecule has 1 atom stereocenters. The van der Waals surface area contributed by atoms with Crippen LogP contribution in [-0.4, -0.2) is 37.4 Å². The third-order valence-corrected chi connectivity index (χ3v) is 5.77. The number of benzene rings is 1. The fraction of sp³-hybridized carbons (Fsp3) is 0.273. The molecule has 0 radical (unpaired) electrons. The van der Waals surface area contributed by atoms with Gasteiger partial charge in [-0.15, -0.1) is 0 Å². The van der Waals surface area contributed by atoms with E-state index >= 15 is 0 Å². The smallest absolute Gasteiger partial charge is 0.252 e. The normalized spacial score (nSPS) is 15.4. The number of hydrogen-bond donors (Lipinski definition) is 2. The van der Waals surface area contributed by atoms with E-state index in [9.17, 15) is 14.4 Å². The van der Waals surface area contributed by atoms with Gasteiger partial charge in [-0.3, -0.25) is 19.7 Å². The van der Waals surface area contributed by atoms with Crippen molar-refractivity contribution in [3.05, 3.63) is 63.7 Å². The zero-order chi connectivity index (χ0) is 22.0. The molecule has 158 valence electrons. The number of amides is 1. The Morgan fingerprint density at radius 3 is 2.71 bits per heavy atom. The van der Waals surface area contributed by atoms with Crippen molar-refractivity contribution >= 4 is 29.4 Å². The van der Waals surface area contributed by atoms with E-state index in [-0.39, 0.29) is 34.9 Å². The summed E-state index contributed by atoms with van der Waals surface area (Å²) in [5.41, 5.74) is 2.91. The van der Waals surface area contributed by atoms with E-state index in [0.717, 1.165) is 17.3 Å². The number of aromatic amines is 1. The van der Waals surface area contributed by atoms with E-state index in [1.165, 1.54) is 6.07 Å². The topological polar surface area (TPSA) is 118 Å². The number of thioether (sulfide) groups is 1. The summed E-state index contributed by atoms with van der Waals surface area (Å²) in [4.78, 5) is 52.4. The molecule has 0 aliphatic heterocycles. The van der Waals surface area contributed by atoms with Crippen molar-refractivity contribution in [3.8, 4) is 11.3 Å². The molecule has 2 N–H and O–H groups in total. The van der Waals surface area contributed by atoms with Gasteiger partial charge in [0, 0.05) is 18.1 Å². The number of aryl methyl sites for hydroxylation is 1. The van der Waals surface area contributed by atoms with Crippen molar-refractivity contribution in [1.29, 1.82) is 0 Å². The monoisotopic (exact) mass is 435 g/mol. The maximum Gasteiger partial charge on any atom is 0.252 e. The number of rotatable bonds is 5. The van der Waals surface area contributed by atoms with Crippen molar-refractivity contribution in [2.75, 3.05) is 11.1 Å². The highest BCUT2D eigenvalue weighted by molar-refractivity contribution is 7.99. The van der Waals surface area contributed by atoms with E-state index in [0.29, 0.717) is 40.6 Å². The molecule has 1 amide bonds. The first-order valence-electron chi connectivity index (χ1n) is 9.89. The van der Waals surface area contributed by atoms with Crippen LogP contribution in [0.25, 0.3) is 11.3 Å². The Balaban J connectivity index is 1.45. The Hall–Kier alpha value is -3.33. The van der Waals surface area contributed by atoms with Crippen LogP contribution in [0.15, 0.2) is 46.3 Å². The molecule has 3 aromatic rings. The summed E-state index contributed by atoms with van der Waals surface area (Å²) in [6.45, 7) is 3.76. The maximum absolute atomic E-state index is 12.4. The lowest BCUT2D eigenvalue weighted by atomic mass is 9.86. The molecule has 2 heterocycles. The Morgan fingerprint density at radius 1 is 1.16 bits per heavy atom. The summed E-state index contributed by atoms with van der Waals surface area (Å²) in [6.07, 6.45) is 1.17. The van der Waals surface area contributed by atoms with Gasteiger partial charge in [-0.05, 0) is 19.3 Å². The van der Waals surface area contributed by atoms with Gasteiger partial charge in [-0.2, -0.15) is 0 Å². The first-order valence-corrected chi connectivity index (χ1v) is 10.9. The van der Waals surface area contributed by atoms with E-state index < -0.39 is 0 Å². The predicted molar refractivity (Wildman–Crippen MR) is 118 cm³/mol. The fourth-order valence-electron chi connectivity index (χ4n) is 3.57. The second-order valence-corrected chi connectivity index (χ2v) is 8.49. The minimum absolute atomic E-state index is 0.0238. The summed E-state index contributed by atoms with van der Waals surface area (Å²) < 4.78 is 0. The first kappa shape index (κ1) is 20.9. The van der Waals surface area contributed by atoms with E-state index in [1.807, 2.05) is 37.3 Å². The van der Waals surface area contributed by atoms with Crippen LogP contribution in [0.3, 0.4) is 0 Å². The molecule has 1 aromatic carbocycles. The predicted octanol–water partition coefficient (Wildman–Crippen LogP) is 3.03. The standard InChI is InChI=1S/C22H21N5O3S/c1-12-8-16-20(17(28)9-12)13(2)23-21(24-16)26-19(30)11-31-22-25-15(10-18(29)27-22)14-6-4-3-5-7-14/h3-7,10,12H,8-9,11H2,1-2H3,(H,25,27,29)(H,23,24,26,30)/t12-/m0/s1. The van der Waals surface area contributed by atoms with Gasteiger partial charge >= 0.3 is 0 Å². The number of carbonyl (C=O) groups excluding carboxylic acids is 2. The Kier molecular flexibility index (Phi) is 5.94. The Morgan fingerprint density at radius 2 is 1.94 bits per heavy atom. The molecule has 2 aromatic heterocycles. The zero-order valence-electron chi connectivity index (χ0n) is 17.1. The van der Waals surface area contributed by atoms with Crippen LogP contribution in [0.2, 0.25) is 0 Å². The highest BCUT2D eigenvalue weighted by Gasteiger charge is 2.26. The number of nitrogens with zero attached hydrogens (tertiary/aromatic N) is 3. The molecule has 0 saturated heterocycles. The molecule has 31 heavy (non-hydrogen) atoms. The van der Waals surface area contributed by atoms with E-state index in [4.69, 9.17) is 0 Å². The third kappa shape index (κ3) is 4.88. The molecule has 0 unspecified atom stereocenters. The van der Waals surface area contributed by atoms with Gasteiger partial charge in [0.15, 0.2) is 10.9 Å². The maximum atomic E-state index is 12.4. The lowest BCUT2D eigenvalue weighted by molar-refractivity contribution is -0.113. The van der Waals surface area contributed by atoms with Gasteiger partial charge in [0.1, 0.15) is 0 Å². The molecule has 4 rings (SSSR count). The van der Waals surface area contributed by atoms with Gasteiger partial charge < -0.3 is 4.98 Å². The number of Topliss-reactive ketones (excluding diaryl/α,β-unsaturated/α-hetero) is 1. The van der Waals surface area contributed by atoms with Crippen molar-refractivity contribution < 1.29 is 9.59 Å². The van der Waals surface area contributed by atoms with E-state index in [2.05, 4.69) is 25.3 Å². The van der Waals surface area contributed by atoms with Crippen LogP contribution in [0.4, 0.5) is 5.95 Å². The van der Waals surface area contributed by atoms with Gasteiger partial charge in [0.2, 0.25) is 11.9 Å². The molecule has 0 saturated carbocycles. The fourth-order valence-corrected chi connectivity index (χ4v) is 4.25. The number of anilines is 1. The highest BCUT2D eigenvalue weighted by Crippen LogP contribution is 2.26. The van der Waals surface area contributed by atoms with Gasteiger partial charge in [-0.1, -0.05) is 49.0 Å². The van der Waals surface area contributed by atoms with Gasteiger partial charge in [0.25, 0.3) is 5.56 Å². The first-order chi connectivity index (χ1) is 14.9. The van der Waals surface area contributed by atoms with Gasteiger partial charge in [0.05, 0.1) is 28.4 Å². The SMILES string of the molecule is Cc1nc(NC(=O)CSc2nc(-c3ccccc3)cc(=O)[nH]2)nc2c1C(=O)C[C@@H](C)C2. The van der Waals surface area contributed by atoms with Crippen molar-refractivity contribution in [2.45, 2.75) is 31.8 Å². The lowest BCUT2D eigenvalue weighted by Crippen LogP contribution is -2.24. The number of nitrogens with one attached hydrogen (secondary N) is 2. The van der Waals surface area contributed by atoms with Crippen LogP contribution in [0.1, 0.15) is 35.1 Å². The van der Waals surface area contributed by atoms with Crippen molar-refractivity contribution in [2.24, 2.45) is 5.92 Å². The van der Waals surface area contributed by atoms with Crippen molar-refractivity contribution in [3.63, 3.8) is 0 Å². The van der Waals surface area contributed by atoms with E-state index in [1.54, 1.807) is 6.92 Å². The number of aromatic nitrogens is 4. The number of ketones is 1. The second-order valence-electron chi connectivity index (χ2n) is 7.53. The molecule has 0 spiro atoms. The molecule has 1 aliphatic rings. The molecule has 1 aliphatic carbocycles. The Bertz CT molecular complexity index is 1210. The zero-order valence-corrected chi connectivity index (χ0v) is 18.0. The van der Waals surface area contributed by atoms with Crippen LogP contribution < -0.4 is 10.9 Å². The minimum atomic E-state index is -0.327. The summed E-state index contributed by atoms with van der Waals surface area (Å²) in [6, 6.07) is 10.8. The molecular formula is C22H21N5O3S. The summed E-state index contributed by atoms with van der Waals surface area (Å²) in [5, 5.41) is 3.03. The van der Waals surface area contributed by atoms with Gasteiger partial charge in [-0.25, -0.2) is 15.0 Å². The third-order valence-electron chi connectivity index (χ3n) is 4.90.